The van der Waals surface area contributed by atoms with Crippen LogP contribution in [0.1, 0.15) is 24.1 Å². The zero-order valence-corrected chi connectivity index (χ0v) is 10.2. The molecule has 0 aliphatic carbocycles. The molecule has 5 nitrogen and oxygen atoms in total. The number of hydrogen-bond donors (Lipinski definition) is 2. The molecule has 5 heteroatoms. The summed E-state index contributed by atoms with van der Waals surface area (Å²) in [5.41, 5.74) is 0.750. The Balaban J connectivity index is 1.82. The predicted molar refractivity (Wildman–Crippen MR) is 65.7 cm³/mol. The molecule has 1 saturated heterocycles. The fraction of sp³-hybridized carbons (Fsp3) is 0.538. The zero-order chi connectivity index (χ0) is 12.8. The van der Waals surface area contributed by atoms with Crippen molar-refractivity contribution in [3.05, 3.63) is 29.6 Å². The van der Waals surface area contributed by atoms with Gasteiger partial charge in [-0.1, -0.05) is 0 Å². The third-order valence-electron chi connectivity index (χ3n) is 3.15. The molecular weight excluding hydrogens is 230 g/mol. The summed E-state index contributed by atoms with van der Waals surface area (Å²) >= 11 is 0. The summed E-state index contributed by atoms with van der Waals surface area (Å²) in [5, 5.41) is 22.2. The molecule has 0 atom stereocenters. The predicted octanol–water partition coefficient (Wildman–Crippen LogP) is 0.584. The summed E-state index contributed by atoms with van der Waals surface area (Å²) in [5.74, 6) is 0. The van der Waals surface area contributed by atoms with Crippen LogP contribution in [0.25, 0.3) is 0 Å². The third kappa shape index (κ3) is 3.50. The van der Waals surface area contributed by atoms with Gasteiger partial charge in [-0.3, -0.25) is 0 Å². The maximum Gasteiger partial charge on any atom is 0.140 e. The van der Waals surface area contributed by atoms with Crippen LogP contribution in [0.3, 0.4) is 0 Å². The van der Waals surface area contributed by atoms with Crippen molar-refractivity contribution in [2.45, 2.75) is 25.0 Å². The molecule has 0 unspecified atom stereocenters. The smallest absolute Gasteiger partial charge is 0.140 e. The van der Waals surface area contributed by atoms with Crippen molar-refractivity contribution in [2.75, 3.05) is 19.8 Å². The second-order valence-electron chi connectivity index (χ2n) is 4.60. The number of rotatable bonds is 4. The first kappa shape index (κ1) is 13.0. The molecule has 2 heterocycles. The summed E-state index contributed by atoms with van der Waals surface area (Å²) in [7, 11) is 0. The van der Waals surface area contributed by atoms with E-state index in [2.05, 4.69) is 10.3 Å². The molecule has 0 spiro atoms. The van der Waals surface area contributed by atoms with E-state index in [0.717, 1.165) is 5.56 Å². The van der Waals surface area contributed by atoms with Crippen LogP contribution in [-0.2, 0) is 11.3 Å². The van der Waals surface area contributed by atoms with Crippen molar-refractivity contribution in [1.29, 1.82) is 5.26 Å². The Labute approximate surface area is 106 Å². The average molecular weight is 247 g/mol. The van der Waals surface area contributed by atoms with Gasteiger partial charge in [-0.05, 0) is 17.7 Å². The first-order chi connectivity index (χ1) is 8.72. The Bertz CT molecular complexity index is 436. The Hall–Kier alpha value is -1.48. The van der Waals surface area contributed by atoms with Crippen molar-refractivity contribution in [3.63, 3.8) is 0 Å². The largest absolute Gasteiger partial charge is 0.388 e. The van der Waals surface area contributed by atoms with Gasteiger partial charge in [0.1, 0.15) is 11.8 Å². The summed E-state index contributed by atoms with van der Waals surface area (Å²) in [4.78, 5) is 3.91. The highest BCUT2D eigenvalue weighted by Gasteiger charge is 2.28. The van der Waals surface area contributed by atoms with E-state index < -0.39 is 5.60 Å². The number of pyridine rings is 1. The highest BCUT2D eigenvalue weighted by Crippen LogP contribution is 2.19. The fourth-order valence-electron chi connectivity index (χ4n) is 2.01. The fourth-order valence-corrected chi connectivity index (χ4v) is 2.01. The van der Waals surface area contributed by atoms with E-state index in [1.54, 1.807) is 12.3 Å². The first-order valence-electron chi connectivity index (χ1n) is 6.08. The van der Waals surface area contributed by atoms with E-state index in [1.165, 1.54) is 0 Å². The zero-order valence-electron chi connectivity index (χ0n) is 10.2. The number of nitrogens with one attached hydrogen (secondary N) is 1. The van der Waals surface area contributed by atoms with E-state index >= 15 is 0 Å². The van der Waals surface area contributed by atoms with Crippen molar-refractivity contribution in [2.24, 2.45) is 0 Å². The minimum atomic E-state index is -0.663. The SMILES string of the molecule is N#Cc1cc(CNCC2(O)CCOCC2)ccn1. The summed E-state index contributed by atoms with van der Waals surface area (Å²) in [6, 6.07) is 5.62. The molecule has 2 N–H and O–H groups in total. The maximum absolute atomic E-state index is 10.2. The van der Waals surface area contributed by atoms with Gasteiger partial charge in [0.05, 0.1) is 5.60 Å². The molecule has 2 rings (SSSR count). The van der Waals surface area contributed by atoms with E-state index in [4.69, 9.17) is 10.00 Å². The van der Waals surface area contributed by atoms with E-state index in [9.17, 15) is 5.11 Å². The van der Waals surface area contributed by atoms with Gasteiger partial charge in [0, 0.05) is 45.3 Å². The second-order valence-corrected chi connectivity index (χ2v) is 4.60. The van der Waals surface area contributed by atoms with Crippen molar-refractivity contribution < 1.29 is 9.84 Å². The van der Waals surface area contributed by atoms with Crippen LogP contribution in [0.5, 0.6) is 0 Å². The van der Waals surface area contributed by atoms with Crippen LogP contribution in [0.2, 0.25) is 0 Å². The molecule has 0 aromatic carbocycles. The van der Waals surface area contributed by atoms with Gasteiger partial charge in [0.2, 0.25) is 0 Å². The van der Waals surface area contributed by atoms with Crippen LogP contribution in [0.4, 0.5) is 0 Å². The molecule has 1 aliphatic heterocycles. The number of nitriles is 1. The minimum absolute atomic E-state index is 0.416. The molecule has 0 radical (unpaired) electrons. The third-order valence-corrected chi connectivity index (χ3v) is 3.15. The topological polar surface area (TPSA) is 78.2 Å². The molecule has 18 heavy (non-hydrogen) atoms. The number of nitrogens with zero attached hydrogens (tertiary/aromatic N) is 2. The minimum Gasteiger partial charge on any atom is -0.388 e. The lowest BCUT2D eigenvalue weighted by molar-refractivity contribution is -0.0617. The van der Waals surface area contributed by atoms with Gasteiger partial charge < -0.3 is 15.2 Å². The van der Waals surface area contributed by atoms with Gasteiger partial charge in [0.15, 0.2) is 0 Å². The molecule has 1 fully saturated rings. The summed E-state index contributed by atoms with van der Waals surface area (Å²) < 4.78 is 5.23. The van der Waals surface area contributed by atoms with Crippen molar-refractivity contribution in [3.8, 4) is 6.07 Å². The Morgan fingerprint density at radius 3 is 3.00 bits per heavy atom. The molecule has 1 aromatic rings. The van der Waals surface area contributed by atoms with Gasteiger partial charge in [0.25, 0.3) is 0 Å². The number of ether oxygens (including phenoxy) is 1. The number of aromatic nitrogens is 1. The maximum atomic E-state index is 10.2. The van der Waals surface area contributed by atoms with Crippen LogP contribution in [-0.4, -0.2) is 35.5 Å². The van der Waals surface area contributed by atoms with Crippen LogP contribution in [0, 0.1) is 11.3 Å². The van der Waals surface area contributed by atoms with Gasteiger partial charge in [-0.2, -0.15) is 5.26 Å². The lowest BCUT2D eigenvalue weighted by atomic mass is 9.94. The molecule has 96 valence electrons. The van der Waals surface area contributed by atoms with Crippen LogP contribution >= 0.6 is 0 Å². The van der Waals surface area contributed by atoms with Crippen molar-refractivity contribution >= 4 is 0 Å². The molecule has 0 amide bonds. The number of hydrogen-bond acceptors (Lipinski definition) is 5. The highest BCUT2D eigenvalue weighted by molar-refractivity contribution is 5.25. The lowest BCUT2D eigenvalue weighted by Crippen LogP contribution is -2.44. The molecule has 0 saturated carbocycles. The molecule has 1 aliphatic rings. The van der Waals surface area contributed by atoms with E-state index in [1.807, 2.05) is 12.1 Å². The van der Waals surface area contributed by atoms with E-state index in [0.29, 0.717) is 44.8 Å². The second kappa shape index (κ2) is 5.91. The quantitative estimate of drug-likeness (QED) is 0.814. The first-order valence-corrected chi connectivity index (χ1v) is 6.08. The van der Waals surface area contributed by atoms with E-state index in [-0.39, 0.29) is 0 Å². The normalized spacial score (nSPS) is 18.2. The van der Waals surface area contributed by atoms with Gasteiger partial charge >= 0.3 is 0 Å². The summed E-state index contributed by atoms with van der Waals surface area (Å²) in [6.45, 7) is 2.40. The monoisotopic (exact) mass is 247 g/mol. The standard InChI is InChI=1S/C13H17N3O2/c14-8-12-7-11(1-4-16-12)9-15-10-13(17)2-5-18-6-3-13/h1,4,7,15,17H,2-3,5-6,9-10H2. The van der Waals surface area contributed by atoms with Gasteiger partial charge in [-0.15, -0.1) is 0 Å². The van der Waals surface area contributed by atoms with Crippen LogP contribution < -0.4 is 5.32 Å². The number of aliphatic hydroxyl groups is 1. The molecular formula is C13H17N3O2. The Morgan fingerprint density at radius 2 is 2.28 bits per heavy atom. The molecule has 1 aromatic heterocycles. The lowest BCUT2D eigenvalue weighted by Gasteiger charge is -2.32. The van der Waals surface area contributed by atoms with Gasteiger partial charge in [-0.25, -0.2) is 4.98 Å². The summed E-state index contributed by atoms with van der Waals surface area (Å²) in [6.07, 6.45) is 2.96. The average Bonchev–Trinajstić information content (AvgIpc) is 2.40. The highest BCUT2D eigenvalue weighted by atomic mass is 16.5. The van der Waals surface area contributed by atoms with Crippen LogP contribution in [0.15, 0.2) is 18.3 Å². The Kier molecular flexibility index (Phi) is 4.26. The Morgan fingerprint density at radius 1 is 1.50 bits per heavy atom. The molecule has 0 bridgehead atoms. The van der Waals surface area contributed by atoms with Crippen molar-refractivity contribution in [1.82, 2.24) is 10.3 Å².